The van der Waals surface area contributed by atoms with E-state index in [9.17, 15) is 9.18 Å². The first kappa shape index (κ1) is 12.0. The van der Waals surface area contributed by atoms with Crippen LogP contribution in [0.15, 0.2) is 24.3 Å². The van der Waals surface area contributed by atoms with Crippen LogP contribution in [0.1, 0.15) is 13.8 Å². The third-order valence-corrected chi connectivity index (χ3v) is 1.83. The predicted octanol–water partition coefficient (Wildman–Crippen LogP) is 2.25. The molecule has 1 aromatic rings. The summed E-state index contributed by atoms with van der Waals surface area (Å²) in [5, 5.41) is 13.4. The number of urea groups is 1. The molecule has 84 valence electrons. The number of anilines is 1. The van der Waals surface area contributed by atoms with Crippen molar-refractivity contribution in [3.8, 4) is 6.07 Å². The Bertz CT molecular complexity index is 437. The average Bonchev–Trinajstić information content (AvgIpc) is 2.21. The van der Waals surface area contributed by atoms with Gasteiger partial charge in [0.25, 0.3) is 0 Å². The summed E-state index contributed by atoms with van der Waals surface area (Å²) >= 11 is 0. The molecule has 4 nitrogen and oxygen atoms in total. The van der Waals surface area contributed by atoms with Gasteiger partial charge in [-0.05, 0) is 26.0 Å². The molecule has 0 unspecified atom stereocenters. The van der Waals surface area contributed by atoms with E-state index in [0.717, 1.165) is 0 Å². The molecule has 0 heterocycles. The van der Waals surface area contributed by atoms with Gasteiger partial charge in [-0.25, -0.2) is 9.18 Å². The zero-order chi connectivity index (χ0) is 12.2. The van der Waals surface area contributed by atoms with Crippen molar-refractivity contribution in [2.45, 2.75) is 19.4 Å². The summed E-state index contributed by atoms with van der Waals surface area (Å²) in [5.41, 5.74) is -0.913. The van der Waals surface area contributed by atoms with Crippen LogP contribution in [-0.4, -0.2) is 11.6 Å². The number of nitrogens with one attached hydrogen (secondary N) is 2. The number of nitrogens with zero attached hydrogens (tertiary/aromatic N) is 1. The van der Waals surface area contributed by atoms with Gasteiger partial charge in [0.2, 0.25) is 0 Å². The second-order valence-electron chi connectivity index (χ2n) is 3.80. The van der Waals surface area contributed by atoms with Crippen molar-refractivity contribution in [3.63, 3.8) is 0 Å². The number of carbonyl (C=O) groups excluding carboxylic acids is 1. The molecule has 2 N–H and O–H groups in total. The number of halogens is 1. The molecular weight excluding hydrogens is 209 g/mol. The number of hydrogen-bond acceptors (Lipinski definition) is 2. The third-order valence-electron chi connectivity index (χ3n) is 1.83. The first-order chi connectivity index (χ1) is 7.44. The monoisotopic (exact) mass is 221 g/mol. The lowest BCUT2D eigenvalue weighted by molar-refractivity contribution is 0.246. The van der Waals surface area contributed by atoms with Crippen LogP contribution >= 0.6 is 0 Å². The van der Waals surface area contributed by atoms with Crippen molar-refractivity contribution < 1.29 is 9.18 Å². The number of benzene rings is 1. The highest BCUT2D eigenvalue weighted by molar-refractivity contribution is 5.90. The van der Waals surface area contributed by atoms with Gasteiger partial charge in [0.05, 0.1) is 11.8 Å². The van der Waals surface area contributed by atoms with Crippen LogP contribution in [0.3, 0.4) is 0 Å². The quantitative estimate of drug-likeness (QED) is 0.804. The van der Waals surface area contributed by atoms with Crippen molar-refractivity contribution in [3.05, 3.63) is 30.1 Å². The molecule has 0 saturated heterocycles. The van der Waals surface area contributed by atoms with Crippen LogP contribution < -0.4 is 10.6 Å². The lowest BCUT2D eigenvalue weighted by Crippen LogP contribution is -2.44. The molecule has 16 heavy (non-hydrogen) atoms. The second-order valence-corrected chi connectivity index (χ2v) is 3.80. The highest BCUT2D eigenvalue weighted by atomic mass is 19.1. The van der Waals surface area contributed by atoms with E-state index >= 15 is 0 Å². The first-order valence-corrected chi connectivity index (χ1v) is 4.69. The summed E-state index contributed by atoms with van der Waals surface area (Å²) in [4.78, 5) is 11.4. The molecule has 0 aliphatic carbocycles. The normalized spacial score (nSPS) is 10.4. The molecule has 0 aromatic heterocycles. The van der Waals surface area contributed by atoms with Crippen molar-refractivity contribution in [2.75, 3.05) is 5.32 Å². The molecule has 0 atom stereocenters. The molecule has 2 amide bonds. The lowest BCUT2D eigenvalue weighted by Gasteiger charge is -2.17. The molecule has 0 bridgehead atoms. The van der Waals surface area contributed by atoms with E-state index in [1.54, 1.807) is 19.9 Å². The van der Waals surface area contributed by atoms with E-state index in [2.05, 4.69) is 10.6 Å². The van der Waals surface area contributed by atoms with Crippen molar-refractivity contribution in [2.24, 2.45) is 0 Å². The zero-order valence-electron chi connectivity index (χ0n) is 9.04. The molecule has 1 aromatic carbocycles. The van der Waals surface area contributed by atoms with Crippen molar-refractivity contribution >= 4 is 11.7 Å². The Morgan fingerprint density at radius 2 is 2.06 bits per heavy atom. The minimum absolute atomic E-state index is 0.0775. The Morgan fingerprint density at radius 1 is 1.44 bits per heavy atom. The maximum absolute atomic E-state index is 13.2. The molecule has 0 aliphatic rings. The summed E-state index contributed by atoms with van der Waals surface area (Å²) < 4.78 is 13.2. The fourth-order valence-corrected chi connectivity index (χ4v) is 1.03. The highest BCUT2D eigenvalue weighted by Gasteiger charge is 2.19. The molecular formula is C11H12FN3O. The van der Waals surface area contributed by atoms with Gasteiger partial charge in [-0.3, -0.25) is 0 Å². The van der Waals surface area contributed by atoms with Crippen molar-refractivity contribution in [1.82, 2.24) is 5.32 Å². The lowest BCUT2D eigenvalue weighted by atomic mass is 10.1. The molecule has 0 fully saturated rings. The number of nitriles is 1. The van der Waals surface area contributed by atoms with Gasteiger partial charge in [0.15, 0.2) is 0 Å². The molecule has 0 spiro atoms. The van der Waals surface area contributed by atoms with Crippen molar-refractivity contribution in [1.29, 1.82) is 5.26 Å². The summed E-state index contributed by atoms with van der Waals surface area (Å²) in [6, 6.07) is 7.10. The van der Waals surface area contributed by atoms with Crippen LogP contribution in [0.4, 0.5) is 14.9 Å². The van der Waals surface area contributed by atoms with Crippen LogP contribution in [0.25, 0.3) is 0 Å². The van der Waals surface area contributed by atoms with E-state index in [1.165, 1.54) is 18.2 Å². The summed E-state index contributed by atoms with van der Waals surface area (Å²) in [7, 11) is 0. The first-order valence-electron chi connectivity index (χ1n) is 4.69. The van der Waals surface area contributed by atoms with Gasteiger partial charge in [-0.1, -0.05) is 12.1 Å². The largest absolute Gasteiger partial charge is 0.320 e. The van der Waals surface area contributed by atoms with E-state index in [4.69, 9.17) is 5.26 Å². The molecule has 0 saturated carbocycles. The third kappa shape index (κ3) is 3.24. The maximum atomic E-state index is 13.2. The number of carbonyl (C=O) groups is 1. The van der Waals surface area contributed by atoms with E-state index < -0.39 is 17.4 Å². The number of hydrogen-bond donors (Lipinski definition) is 2. The molecule has 0 radical (unpaired) electrons. The van der Waals surface area contributed by atoms with Gasteiger partial charge in [-0.15, -0.1) is 0 Å². The van der Waals surface area contributed by atoms with E-state index in [0.29, 0.717) is 0 Å². The van der Waals surface area contributed by atoms with Crippen LogP contribution in [0.5, 0.6) is 0 Å². The van der Waals surface area contributed by atoms with Gasteiger partial charge in [0, 0.05) is 0 Å². The van der Waals surface area contributed by atoms with Crippen LogP contribution in [0.2, 0.25) is 0 Å². The predicted molar refractivity (Wildman–Crippen MR) is 58.2 cm³/mol. The van der Waals surface area contributed by atoms with Crippen LogP contribution in [0, 0.1) is 17.1 Å². The average molecular weight is 221 g/mol. The summed E-state index contributed by atoms with van der Waals surface area (Å²) in [6.45, 7) is 3.10. The maximum Gasteiger partial charge on any atom is 0.320 e. The van der Waals surface area contributed by atoms with Crippen LogP contribution in [-0.2, 0) is 0 Å². The Balaban J connectivity index is 2.67. The summed E-state index contributed by atoms with van der Waals surface area (Å²) in [5.74, 6) is -0.521. The number of para-hydroxylation sites is 1. The summed E-state index contributed by atoms with van der Waals surface area (Å²) in [6.07, 6.45) is 0. The molecule has 1 rings (SSSR count). The Labute approximate surface area is 93.1 Å². The van der Waals surface area contributed by atoms with Gasteiger partial charge >= 0.3 is 6.03 Å². The SMILES string of the molecule is CC(C)(C#N)NC(=O)Nc1ccccc1F. The Kier molecular flexibility index (Phi) is 3.46. The topological polar surface area (TPSA) is 64.9 Å². The highest BCUT2D eigenvalue weighted by Crippen LogP contribution is 2.12. The van der Waals surface area contributed by atoms with E-state index in [1.807, 2.05) is 6.07 Å². The molecule has 0 aliphatic heterocycles. The fraction of sp³-hybridized carbons (Fsp3) is 0.273. The number of amides is 2. The van der Waals surface area contributed by atoms with Gasteiger partial charge < -0.3 is 10.6 Å². The Hall–Kier alpha value is -2.09. The zero-order valence-corrected chi connectivity index (χ0v) is 9.04. The fourth-order valence-electron chi connectivity index (χ4n) is 1.03. The van der Waals surface area contributed by atoms with Gasteiger partial charge in [-0.2, -0.15) is 5.26 Å². The van der Waals surface area contributed by atoms with E-state index in [-0.39, 0.29) is 5.69 Å². The minimum Gasteiger partial charge on any atom is -0.320 e. The minimum atomic E-state index is -0.991. The molecule has 5 heteroatoms. The standard InChI is InChI=1S/C11H12FN3O/c1-11(2,7-13)15-10(16)14-9-6-4-3-5-8(9)12/h3-6H,1-2H3,(H2,14,15,16). The second kappa shape index (κ2) is 4.62. The smallest absolute Gasteiger partial charge is 0.320 e. The Morgan fingerprint density at radius 3 is 2.62 bits per heavy atom. The number of rotatable bonds is 2. The van der Waals surface area contributed by atoms with Gasteiger partial charge in [0.1, 0.15) is 11.4 Å².